The van der Waals surface area contributed by atoms with Crippen LogP contribution >= 0.6 is 11.3 Å². The summed E-state index contributed by atoms with van der Waals surface area (Å²) in [7, 11) is 0. The van der Waals surface area contributed by atoms with Crippen molar-refractivity contribution in [3.05, 3.63) is 31.3 Å². The van der Waals surface area contributed by atoms with Gasteiger partial charge in [-0.1, -0.05) is 0 Å². The van der Waals surface area contributed by atoms with Gasteiger partial charge in [0.25, 0.3) is 5.56 Å². The molecule has 3 heterocycles. The highest BCUT2D eigenvalue weighted by atomic mass is 32.1. The van der Waals surface area contributed by atoms with E-state index < -0.39 is 36.4 Å². The van der Waals surface area contributed by atoms with Gasteiger partial charge in [0.15, 0.2) is 6.19 Å². The fraction of sp³-hybridized carbons (Fsp3) is 0.556. The summed E-state index contributed by atoms with van der Waals surface area (Å²) in [5, 5.41) is 11.6. The second-order valence-corrected chi connectivity index (χ2v) is 8.35. The molecule has 8 nitrogen and oxygen atoms in total. The number of guanidine groups is 1. The Balaban J connectivity index is 2.15. The number of fused-ring (bicyclic) bond motifs is 1. The van der Waals surface area contributed by atoms with Crippen molar-refractivity contribution in [3.8, 4) is 6.19 Å². The minimum Gasteiger partial charge on any atom is -0.335 e. The van der Waals surface area contributed by atoms with Crippen molar-refractivity contribution >= 4 is 27.5 Å². The Hall–Kier alpha value is -2.81. The lowest BCUT2D eigenvalue weighted by atomic mass is 10.2. The normalized spacial score (nSPS) is 14.5. The molecule has 30 heavy (non-hydrogen) atoms. The summed E-state index contributed by atoms with van der Waals surface area (Å²) in [5.41, 5.74) is -0.619. The first-order valence-electron chi connectivity index (χ1n) is 9.33. The molecule has 0 saturated carbocycles. The molecule has 0 amide bonds. The van der Waals surface area contributed by atoms with E-state index in [0.29, 0.717) is 31.2 Å². The summed E-state index contributed by atoms with van der Waals surface area (Å²) in [5.74, 6) is 0.406. The van der Waals surface area contributed by atoms with E-state index in [1.54, 1.807) is 20.8 Å². The van der Waals surface area contributed by atoms with E-state index in [-0.39, 0.29) is 10.2 Å². The highest BCUT2D eigenvalue weighted by Gasteiger charge is 2.29. The second kappa shape index (κ2) is 8.14. The molecule has 0 spiro atoms. The predicted molar refractivity (Wildman–Crippen MR) is 108 cm³/mol. The van der Waals surface area contributed by atoms with Crippen LogP contribution in [0.25, 0.3) is 10.2 Å². The third-order valence-electron chi connectivity index (χ3n) is 4.91. The van der Waals surface area contributed by atoms with Crippen molar-refractivity contribution in [2.24, 2.45) is 4.99 Å². The summed E-state index contributed by atoms with van der Waals surface area (Å²) in [6, 6.07) is -0.494. The molecule has 0 unspecified atom stereocenters. The largest absolute Gasteiger partial charge is 0.390 e. The number of aryl methyl sites for hydroxylation is 2. The van der Waals surface area contributed by atoms with Gasteiger partial charge in [-0.15, -0.1) is 11.3 Å². The van der Waals surface area contributed by atoms with Crippen LogP contribution in [0.3, 0.4) is 0 Å². The first-order chi connectivity index (χ1) is 14.0. The fourth-order valence-electron chi connectivity index (χ4n) is 3.43. The minimum atomic E-state index is -4.43. The van der Waals surface area contributed by atoms with Gasteiger partial charge in [-0.05, 0) is 26.3 Å². The van der Waals surface area contributed by atoms with E-state index in [2.05, 4.69) is 10.3 Å². The van der Waals surface area contributed by atoms with E-state index in [1.165, 1.54) is 0 Å². The highest BCUT2D eigenvalue weighted by Crippen LogP contribution is 2.30. The van der Waals surface area contributed by atoms with Crippen LogP contribution in [0.5, 0.6) is 0 Å². The molecule has 2 aromatic rings. The van der Waals surface area contributed by atoms with Gasteiger partial charge in [0.2, 0.25) is 5.96 Å². The van der Waals surface area contributed by atoms with Gasteiger partial charge in [0.1, 0.15) is 4.83 Å². The van der Waals surface area contributed by atoms with Crippen LogP contribution in [0.4, 0.5) is 13.2 Å². The second-order valence-electron chi connectivity index (χ2n) is 7.26. The van der Waals surface area contributed by atoms with Crippen LogP contribution < -0.4 is 16.6 Å². The summed E-state index contributed by atoms with van der Waals surface area (Å²) in [4.78, 5) is 32.9. The van der Waals surface area contributed by atoms with Crippen LogP contribution in [0.1, 0.15) is 36.8 Å². The highest BCUT2D eigenvalue weighted by molar-refractivity contribution is 7.18. The maximum atomic E-state index is 13.0. The number of rotatable bonds is 5. The van der Waals surface area contributed by atoms with Crippen molar-refractivity contribution < 1.29 is 13.2 Å². The number of hydrogen-bond acceptors (Lipinski definition) is 7. The van der Waals surface area contributed by atoms with Crippen LogP contribution in [0.2, 0.25) is 0 Å². The number of nitrogens with one attached hydrogen (secondary N) is 1. The molecule has 0 aliphatic carbocycles. The molecular weight excluding hydrogens is 421 g/mol. The topological polar surface area (TPSA) is 95.4 Å². The molecule has 162 valence electrons. The number of nitriles is 1. The third-order valence-corrected chi connectivity index (χ3v) is 6.21. The van der Waals surface area contributed by atoms with E-state index in [0.717, 1.165) is 25.3 Å². The molecule has 0 atom stereocenters. The van der Waals surface area contributed by atoms with Gasteiger partial charge in [-0.2, -0.15) is 18.4 Å². The molecule has 12 heteroatoms. The van der Waals surface area contributed by atoms with Crippen LogP contribution in [0.15, 0.2) is 14.6 Å². The average Bonchev–Trinajstić information content (AvgIpc) is 3.19. The Morgan fingerprint density at radius 1 is 1.33 bits per heavy atom. The molecule has 1 N–H and O–H groups in total. The Morgan fingerprint density at radius 2 is 2.03 bits per heavy atom. The van der Waals surface area contributed by atoms with E-state index >= 15 is 0 Å². The van der Waals surface area contributed by atoms with Crippen molar-refractivity contribution in [2.45, 2.75) is 52.5 Å². The van der Waals surface area contributed by atoms with Gasteiger partial charge >= 0.3 is 11.9 Å². The van der Waals surface area contributed by atoms with Crippen LogP contribution in [0, 0.1) is 18.4 Å². The quantitative estimate of drug-likeness (QED) is 0.566. The molecule has 0 aromatic carbocycles. The van der Waals surface area contributed by atoms with Gasteiger partial charge in [-0.25, -0.2) is 4.79 Å². The number of aliphatic imine (C=N–C) groups is 1. The van der Waals surface area contributed by atoms with E-state index in [4.69, 9.17) is 5.26 Å². The Labute approximate surface area is 173 Å². The number of alkyl halides is 3. The predicted octanol–water partition coefficient (Wildman–Crippen LogP) is 2.31. The van der Waals surface area contributed by atoms with Gasteiger partial charge < -0.3 is 4.90 Å². The lowest BCUT2D eigenvalue weighted by Gasteiger charge is -2.18. The lowest BCUT2D eigenvalue weighted by Crippen LogP contribution is -2.41. The summed E-state index contributed by atoms with van der Waals surface area (Å²) in [6.07, 6.45) is -3.78. The van der Waals surface area contributed by atoms with Gasteiger partial charge in [-0.3, -0.25) is 24.2 Å². The Kier molecular flexibility index (Phi) is 5.94. The maximum absolute atomic E-state index is 13.0. The number of halogens is 3. The summed E-state index contributed by atoms with van der Waals surface area (Å²) in [6.45, 7) is 5.85. The number of hydrogen-bond donors (Lipinski definition) is 1. The van der Waals surface area contributed by atoms with Crippen molar-refractivity contribution in [1.82, 2.24) is 19.4 Å². The molecule has 2 aromatic heterocycles. The number of nitrogens with zero attached hydrogens (tertiary/aromatic N) is 5. The monoisotopic (exact) mass is 442 g/mol. The Morgan fingerprint density at radius 3 is 2.63 bits per heavy atom. The Bertz CT molecular complexity index is 1150. The molecule has 1 aliphatic rings. The van der Waals surface area contributed by atoms with Crippen molar-refractivity contribution in [1.29, 1.82) is 5.26 Å². The van der Waals surface area contributed by atoms with Crippen LogP contribution in [-0.2, 0) is 13.1 Å². The zero-order valence-electron chi connectivity index (χ0n) is 16.7. The lowest BCUT2D eigenvalue weighted by molar-refractivity contribution is -0.136. The number of thiophene rings is 1. The van der Waals surface area contributed by atoms with Gasteiger partial charge in [0.05, 0.1) is 24.9 Å². The first kappa shape index (κ1) is 21.9. The van der Waals surface area contributed by atoms with Crippen molar-refractivity contribution in [2.75, 3.05) is 13.1 Å². The third kappa shape index (κ3) is 4.07. The first-order valence-corrected chi connectivity index (χ1v) is 10.2. The van der Waals surface area contributed by atoms with Crippen LogP contribution in [-0.4, -0.2) is 39.3 Å². The van der Waals surface area contributed by atoms with E-state index in [9.17, 15) is 22.8 Å². The standard InChI is InChI=1S/C18H21F3N6O2S/c1-10(2)27-14(28)13-11(3)12(8-25-7-5-23-16(25)24-9-22)30-15(13)26(17(27)29)6-4-18(19,20)21/h10H,4-8H2,1-3H3,(H,23,24). The molecule has 3 rings (SSSR count). The number of aromatic nitrogens is 2. The molecule has 1 aliphatic heterocycles. The molecule has 0 radical (unpaired) electrons. The smallest absolute Gasteiger partial charge is 0.335 e. The zero-order chi connectivity index (χ0) is 22.2. The van der Waals surface area contributed by atoms with E-state index in [1.807, 2.05) is 11.1 Å². The SMILES string of the molecule is Cc1c(CN2CCN=C2NC#N)sc2c1c(=O)n(C(C)C)c(=O)n2CCC(F)(F)F. The molecule has 0 bridgehead atoms. The van der Waals surface area contributed by atoms with Gasteiger partial charge in [0, 0.05) is 24.0 Å². The minimum absolute atomic E-state index is 0.240. The molecule has 0 saturated heterocycles. The zero-order valence-corrected chi connectivity index (χ0v) is 17.5. The summed E-state index contributed by atoms with van der Waals surface area (Å²) < 4.78 is 40.6. The molecular formula is C18H21F3N6O2S. The summed E-state index contributed by atoms with van der Waals surface area (Å²) >= 11 is 1.13. The maximum Gasteiger partial charge on any atom is 0.390 e. The average molecular weight is 442 g/mol. The fourth-order valence-corrected chi connectivity index (χ4v) is 4.76. The van der Waals surface area contributed by atoms with Crippen molar-refractivity contribution in [3.63, 3.8) is 0 Å². The molecule has 0 fully saturated rings.